The van der Waals surface area contributed by atoms with Crippen molar-refractivity contribution < 1.29 is 42.7 Å². The molecule has 0 spiro atoms. The van der Waals surface area contributed by atoms with Gasteiger partial charge < -0.3 is 37.7 Å². The van der Waals surface area contributed by atoms with Gasteiger partial charge in [-0.05, 0) is 41.8 Å². The minimum atomic E-state index is -0.753. The van der Waals surface area contributed by atoms with Crippen LogP contribution in [-0.2, 0) is 32.5 Å². The number of methoxy groups -OCH3 is 3. The molecule has 0 bridgehead atoms. The normalized spacial score (nSPS) is 20.6. The number of nitrogens with zero attached hydrogens (tertiary/aromatic N) is 2. The van der Waals surface area contributed by atoms with E-state index in [9.17, 15) is 9.59 Å². The molecule has 3 atom stereocenters. The van der Waals surface area contributed by atoms with Crippen LogP contribution in [0.25, 0.3) is 17.2 Å². The van der Waals surface area contributed by atoms with Crippen molar-refractivity contribution in [3.8, 4) is 39.9 Å². The molecule has 3 heterocycles. The number of carbonyl (C=O) groups excluding carboxylic acids is 2. The van der Waals surface area contributed by atoms with Crippen LogP contribution in [0.5, 0.6) is 28.7 Å². The van der Waals surface area contributed by atoms with Crippen molar-refractivity contribution in [2.24, 2.45) is 18.9 Å². The second kappa shape index (κ2) is 10.1. The Morgan fingerprint density at radius 1 is 1.07 bits per heavy atom. The van der Waals surface area contributed by atoms with Gasteiger partial charge >= 0.3 is 11.9 Å². The van der Waals surface area contributed by atoms with Crippen molar-refractivity contribution in [3.63, 3.8) is 0 Å². The number of benzene rings is 2. The maximum Gasteiger partial charge on any atom is 0.331 e. The first-order valence-corrected chi connectivity index (χ1v) is 12.7. The number of rotatable bonds is 7. The second-order valence-electron chi connectivity index (χ2n) is 9.73. The van der Waals surface area contributed by atoms with Gasteiger partial charge in [0.25, 0.3) is 0 Å². The molecule has 3 aliphatic rings. The van der Waals surface area contributed by atoms with E-state index in [1.54, 1.807) is 37.4 Å². The molecule has 11 nitrogen and oxygen atoms in total. The third-order valence-electron chi connectivity index (χ3n) is 7.47. The highest BCUT2D eigenvalue weighted by atomic mass is 16.7. The van der Waals surface area contributed by atoms with Crippen LogP contribution in [0.4, 0.5) is 0 Å². The number of aryl methyl sites for hydroxylation is 1. The van der Waals surface area contributed by atoms with E-state index in [2.05, 4.69) is 4.98 Å². The monoisotopic (exact) mass is 548 g/mol. The molecular formula is C29H28N2O9. The maximum atomic E-state index is 13.0. The van der Waals surface area contributed by atoms with Crippen LogP contribution in [-0.4, -0.2) is 56.2 Å². The Morgan fingerprint density at radius 3 is 2.52 bits per heavy atom. The molecule has 0 radical (unpaired) electrons. The molecule has 1 fully saturated rings. The number of ether oxygens (including phenoxy) is 7. The van der Waals surface area contributed by atoms with Crippen LogP contribution >= 0.6 is 0 Å². The molecule has 40 heavy (non-hydrogen) atoms. The van der Waals surface area contributed by atoms with Crippen LogP contribution < -0.4 is 23.7 Å². The van der Waals surface area contributed by atoms with Gasteiger partial charge in [-0.2, -0.15) is 0 Å². The molecule has 3 aromatic rings. The van der Waals surface area contributed by atoms with E-state index in [1.807, 2.05) is 25.2 Å². The number of imidazole rings is 1. The van der Waals surface area contributed by atoms with Crippen molar-refractivity contribution in [3.05, 3.63) is 53.6 Å². The summed E-state index contributed by atoms with van der Waals surface area (Å²) in [5.41, 5.74) is 3.55. The summed E-state index contributed by atoms with van der Waals surface area (Å²) >= 11 is 0. The van der Waals surface area contributed by atoms with E-state index in [0.29, 0.717) is 52.0 Å². The Morgan fingerprint density at radius 2 is 1.85 bits per heavy atom. The number of cyclic esters (lactones) is 1. The highest BCUT2D eigenvalue weighted by molar-refractivity contribution is 5.88. The molecule has 2 aliphatic heterocycles. The average Bonchev–Trinajstić information content (AvgIpc) is 3.70. The predicted octanol–water partition coefficient (Wildman–Crippen LogP) is 3.48. The standard InChI is InChI=1S/C29H28N2O9/c1-31-11-16(30-13-31)5-6-24(32)40-26-18-10-23-28(39-14-38-23)25(17(18)9-19-20(26)12-37-29(19)33)15-7-21(34-2)27(36-4)22(8-15)35-3/h5-8,10-11,13,19-20,26H,9,12,14H2,1-4H3/b6-5+/t19-,20+,26+/m1/s1. The van der Waals surface area contributed by atoms with Crippen LogP contribution in [0.1, 0.15) is 22.9 Å². The molecule has 208 valence electrons. The lowest BCUT2D eigenvalue weighted by Crippen LogP contribution is -2.33. The lowest BCUT2D eigenvalue weighted by molar-refractivity contribution is -0.148. The first-order valence-electron chi connectivity index (χ1n) is 12.7. The molecule has 0 N–H and O–H groups in total. The van der Waals surface area contributed by atoms with Gasteiger partial charge in [-0.3, -0.25) is 4.79 Å². The first-order chi connectivity index (χ1) is 19.4. The lowest BCUT2D eigenvalue weighted by atomic mass is 9.73. The predicted molar refractivity (Wildman–Crippen MR) is 140 cm³/mol. The smallest absolute Gasteiger partial charge is 0.331 e. The molecule has 0 unspecified atom stereocenters. The van der Waals surface area contributed by atoms with Gasteiger partial charge in [0.2, 0.25) is 12.5 Å². The van der Waals surface area contributed by atoms with Crippen molar-refractivity contribution in [1.29, 1.82) is 0 Å². The second-order valence-corrected chi connectivity index (χ2v) is 9.73. The van der Waals surface area contributed by atoms with E-state index in [1.165, 1.54) is 13.2 Å². The fourth-order valence-electron chi connectivity index (χ4n) is 5.65. The fraction of sp³-hybridized carbons (Fsp3) is 0.345. The zero-order chi connectivity index (χ0) is 28.0. The van der Waals surface area contributed by atoms with Gasteiger partial charge in [0.15, 0.2) is 23.0 Å². The van der Waals surface area contributed by atoms with Crippen molar-refractivity contribution in [1.82, 2.24) is 9.55 Å². The molecular weight excluding hydrogens is 520 g/mol. The highest BCUT2D eigenvalue weighted by Gasteiger charge is 2.49. The van der Waals surface area contributed by atoms with Gasteiger partial charge in [-0.15, -0.1) is 0 Å². The first kappa shape index (κ1) is 25.6. The van der Waals surface area contributed by atoms with Gasteiger partial charge in [-0.1, -0.05) is 0 Å². The molecule has 2 aromatic carbocycles. The van der Waals surface area contributed by atoms with Crippen LogP contribution in [0.3, 0.4) is 0 Å². The molecule has 11 heteroatoms. The summed E-state index contributed by atoms with van der Waals surface area (Å²) in [6.07, 6.45) is 5.96. The zero-order valence-corrected chi connectivity index (χ0v) is 22.5. The summed E-state index contributed by atoms with van der Waals surface area (Å²) in [6.45, 7) is 0.181. The molecule has 1 saturated heterocycles. The molecule has 1 aliphatic carbocycles. The van der Waals surface area contributed by atoms with E-state index in [4.69, 9.17) is 33.2 Å². The Labute approximate surface area is 230 Å². The van der Waals surface area contributed by atoms with Gasteiger partial charge in [0.05, 0.1) is 45.9 Å². The van der Waals surface area contributed by atoms with E-state index in [0.717, 1.165) is 11.1 Å². The fourth-order valence-corrected chi connectivity index (χ4v) is 5.65. The minimum absolute atomic E-state index is 0.0296. The summed E-state index contributed by atoms with van der Waals surface area (Å²) in [5.74, 6) is 0.666. The molecule has 0 amide bonds. The van der Waals surface area contributed by atoms with Gasteiger partial charge in [0.1, 0.15) is 6.10 Å². The zero-order valence-electron chi connectivity index (χ0n) is 22.5. The van der Waals surface area contributed by atoms with E-state index in [-0.39, 0.29) is 25.3 Å². The number of esters is 2. The molecule has 0 saturated carbocycles. The summed E-state index contributed by atoms with van der Waals surface area (Å²) in [4.78, 5) is 30.1. The van der Waals surface area contributed by atoms with Crippen LogP contribution in [0.15, 0.2) is 36.8 Å². The van der Waals surface area contributed by atoms with Crippen LogP contribution in [0, 0.1) is 11.8 Å². The van der Waals surface area contributed by atoms with Crippen molar-refractivity contribution in [2.45, 2.75) is 12.5 Å². The Kier molecular flexibility index (Phi) is 6.49. The van der Waals surface area contributed by atoms with E-state index >= 15 is 0 Å². The SMILES string of the molecule is COc1cc(-c2c3c(cc4c2OCO4)[C@H](OC(=O)/C=C/c2cn(C)cn2)[C@H]2COC(=O)[C@@H]2C3)cc(OC)c1OC. The summed E-state index contributed by atoms with van der Waals surface area (Å²) in [5, 5.41) is 0. The largest absolute Gasteiger partial charge is 0.493 e. The average molecular weight is 549 g/mol. The third kappa shape index (κ3) is 4.27. The van der Waals surface area contributed by atoms with Gasteiger partial charge in [-0.25, -0.2) is 9.78 Å². The number of aromatic nitrogens is 2. The summed E-state index contributed by atoms with van der Waals surface area (Å²) in [7, 11) is 6.46. The lowest BCUT2D eigenvalue weighted by Gasteiger charge is -2.34. The van der Waals surface area contributed by atoms with Crippen LogP contribution in [0.2, 0.25) is 0 Å². The summed E-state index contributed by atoms with van der Waals surface area (Å²) < 4.78 is 41.7. The molecule has 6 rings (SSSR count). The van der Waals surface area contributed by atoms with Crippen molar-refractivity contribution >= 4 is 18.0 Å². The number of hydrogen-bond acceptors (Lipinski definition) is 10. The Hall–Kier alpha value is -4.67. The number of carbonyl (C=O) groups is 2. The summed E-state index contributed by atoms with van der Waals surface area (Å²) in [6, 6.07) is 5.46. The number of fused-ring (bicyclic) bond motifs is 3. The highest BCUT2D eigenvalue weighted by Crippen LogP contribution is 2.55. The topological polar surface area (TPSA) is 117 Å². The maximum absolute atomic E-state index is 13.0. The quantitative estimate of drug-likeness (QED) is 0.321. The Bertz CT molecular complexity index is 1500. The minimum Gasteiger partial charge on any atom is -0.493 e. The van der Waals surface area contributed by atoms with Gasteiger partial charge in [0, 0.05) is 36.4 Å². The Balaban J connectivity index is 1.48. The third-order valence-corrected chi connectivity index (χ3v) is 7.47. The van der Waals surface area contributed by atoms with E-state index < -0.39 is 18.0 Å². The van der Waals surface area contributed by atoms with Crippen molar-refractivity contribution in [2.75, 3.05) is 34.7 Å². The molecule has 1 aromatic heterocycles. The number of hydrogen-bond donors (Lipinski definition) is 0.